The monoisotopic (exact) mass is 374 g/mol. The van der Waals surface area contributed by atoms with Gasteiger partial charge in [0.15, 0.2) is 0 Å². The standard InChI is InChI=1S/C18H24F2N2O2.ClH/c1-12-16(21-9-10-24-12)17(23)22-11-18(7-2-3-8-18)15-13(19)5-4-6-14(15)20;/h4-6,12,16,21H,2-3,7-11H2,1H3,(H,22,23);1H/t12-,16+;/m1./s1. The van der Waals surface area contributed by atoms with Gasteiger partial charge < -0.3 is 15.4 Å². The molecule has 1 aromatic carbocycles. The minimum atomic E-state index is -0.663. The van der Waals surface area contributed by atoms with Gasteiger partial charge in [0.05, 0.1) is 12.7 Å². The molecule has 25 heavy (non-hydrogen) atoms. The van der Waals surface area contributed by atoms with Crippen molar-refractivity contribution in [2.45, 2.75) is 50.2 Å². The molecule has 1 aliphatic carbocycles. The first kappa shape index (κ1) is 20.1. The van der Waals surface area contributed by atoms with Gasteiger partial charge in [0, 0.05) is 24.1 Å². The summed E-state index contributed by atoms with van der Waals surface area (Å²) in [6, 6.07) is 3.53. The smallest absolute Gasteiger partial charge is 0.239 e. The Labute approximate surface area is 153 Å². The molecule has 140 valence electrons. The Balaban J connectivity index is 0.00000225. The fourth-order valence-electron chi connectivity index (χ4n) is 3.96. The second kappa shape index (κ2) is 8.43. The number of ether oxygens (including phenoxy) is 1. The zero-order valence-electron chi connectivity index (χ0n) is 14.3. The van der Waals surface area contributed by atoms with E-state index in [1.54, 1.807) is 0 Å². The summed E-state index contributed by atoms with van der Waals surface area (Å²) in [4.78, 5) is 12.5. The van der Waals surface area contributed by atoms with E-state index < -0.39 is 23.1 Å². The fraction of sp³-hybridized carbons (Fsp3) is 0.611. The van der Waals surface area contributed by atoms with Crippen molar-refractivity contribution in [2.75, 3.05) is 19.7 Å². The van der Waals surface area contributed by atoms with Crippen molar-refractivity contribution in [3.05, 3.63) is 35.4 Å². The van der Waals surface area contributed by atoms with Crippen LogP contribution in [-0.4, -0.2) is 37.7 Å². The highest BCUT2D eigenvalue weighted by Crippen LogP contribution is 2.42. The molecule has 0 spiro atoms. The fourth-order valence-corrected chi connectivity index (χ4v) is 3.96. The normalized spacial score (nSPS) is 25.2. The summed E-state index contributed by atoms with van der Waals surface area (Å²) in [5, 5.41) is 6.04. The molecule has 2 aliphatic rings. The molecule has 7 heteroatoms. The third-order valence-corrected chi connectivity index (χ3v) is 5.25. The van der Waals surface area contributed by atoms with Crippen LogP contribution in [-0.2, 0) is 14.9 Å². The number of rotatable bonds is 4. The number of amides is 1. The van der Waals surface area contributed by atoms with Crippen molar-refractivity contribution in [1.82, 2.24) is 10.6 Å². The van der Waals surface area contributed by atoms with Gasteiger partial charge in [-0.2, -0.15) is 0 Å². The first-order chi connectivity index (χ1) is 11.5. The molecule has 2 N–H and O–H groups in total. The summed E-state index contributed by atoms with van der Waals surface area (Å²) in [6.07, 6.45) is 2.95. The number of carbonyl (C=O) groups is 1. The van der Waals surface area contributed by atoms with Crippen LogP contribution in [0.15, 0.2) is 18.2 Å². The van der Waals surface area contributed by atoms with Gasteiger partial charge in [0.25, 0.3) is 0 Å². The van der Waals surface area contributed by atoms with Crippen LogP contribution in [0.2, 0.25) is 0 Å². The molecule has 0 unspecified atom stereocenters. The summed E-state index contributed by atoms with van der Waals surface area (Å²) in [5.41, 5.74) is -0.548. The van der Waals surface area contributed by atoms with Crippen LogP contribution in [0.5, 0.6) is 0 Å². The van der Waals surface area contributed by atoms with Crippen LogP contribution in [0.4, 0.5) is 8.78 Å². The van der Waals surface area contributed by atoms with E-state index in [2.05, 4.69) is 10.6 Å². The van der Waals surface area contributed by atoms with Crippen LogP contribution >= 0.6 is 12.4 Å². The van der Waals surface area contributed by atoms with Crippen molar-refractivity contribution < 1.29 is 18.3 Å². The first-order valence-corrected chi connectivity index (χ1v) is 8.61. The summed E-state index contributed by atoms with van der Waals surface area (Å²) >= 11 is 0. The zero-order valence-corrected chi connectivity index (χ0v) is 15.1. The van der Waals surface area contributed by atoms with Gasteiger partial charge in [-0.3, -0.25) is 4.79 Å². The molecule has 0 aromatic heterocycles. The first-order valence-electron chi connectivity index (χ1n) is 8.61. The minimum Gasteiger partial charge on any atom is -0.375 e. The largest absolute Gasteiger partial charge is 0.375 e. The van der Waals surface area contributed by atoms with E-state index in [0.717, 1.165) is 12.8 Å². The maximum absolute atomic E-state index is 14.3. The quantitative estimate of drug-likeness (QED) is 0.852. The Morgan fingerprint density at radius 1 is 1.32 bits per heavy atom. The summed E-state index contributed by atoms with van der Waals surface area (Å²) in [7, 11) is 0. The van der Waals surface area contributed by atoms with E-state index in [0.29, 0.717) is 26.0 Å². The number of carbonyl (C=O) groups excluding carboxylic acids is 1. The molecule has 1 saturated heterocycles. The van der Waals surface area contributed by atoms with Crippen molar-refractivity contribution in [2.24, 2.45) is 0 Å². The number of hydrogen-bond acceptors (Lipinski definition) is 3. The number of nitrogens with one attached hydrogen (secondary N) is 2. The second-order valence-corrected chi connectivity index (χ2v) is 6.81. The molecule has 4 nitrogen and oxygen atoms in total. The SMILES string of the molecule is C[C@H]1OCCN[C@@H]1C(=O)NCC1(c2c(F)cccc2F)CCCC1.Cl. The molecule has 0 bridgehead atoms. The maximum Gasteiger partial charge on any atom is 0.239 e. The Hall–Kier alpha value is -1.24. The lowest BCUT2D eigenvalue weighted by Gasteiger charge is -2.33. The Morgan fingerprint density at radius 2 is 1.96 bits per heavy atom. The highest BCUT2D eigenvalue weighted by atomic mass is 35.5. The van der Waals surface area contributed by atoms with Crippen molar-refractivity contribution >= 4 is 18.3 Å². The molecule has 1 amide bonds. The van der Waals surface area contributed by atoms with Gasteiger partial charge in [0.2, 0.25) is 5.91 Å². The third-order valence-electron chi connectivity index (χ3n) is 5.25. The number of benzene rings is 1. The van der Waals surface area contributed by atoms with E-state index in [-0.39, 0.29) is 36.5 Å². The Morgan fingerprint density at radius 3 is 2.56 bits per heavy atom. The van der Waals surface area contributed by atoms with Gasteiger partial charge in [-0.05, 0) is 31.9 Å². The Bertz CT molecular complexity index is 588. The van der Waals surface area contributed by atoms with Gasteiger partial charge in [-0.15, -0.1) is 12.4 Å². The molecule has 3 rings (SSSR count). The minimum absolute atomic E-state index is 0. The molecular formula is C18H25ClF2N2O2. The zero-order chi connectivity index (χ0) is 17.2. The van der Waals surface area contributed by atoms with Gasteiger partial charge in [0.1, 0.15) is 17.7 Å². The molecule has 1 heterocycles. The van der Waals surface area contributed by atoms with E-state index in [9.17, 15) is 13.6 Å². The Kier molecular flexibility index (Phi) is 6.77. The predicted molar refractivity (Wildman–Crippen MR) is 94.0 cm³/mol. The molecule has 0 radical (unpaired) electrons. The maximum atomic E-state index is 14.3. The molecule has 2 fully saturated rings. The lowest BCUT2D eigenvalue weighted by Crippen LogP contribution is -2.56. The average molecular weight is 375 g/mol. The number of morpholine rings is 1. The van der Waals surface area contributed by atoms with Gasteiger partial charge in [-0.25, -0.2) is 8.78 Å². The van der Waals surface area contributed by atoms with E-state index in [4.69, 9.17) is 4.74 Å². The topological polar surface area (TPSA) is 50.4 Å². The molecule has 2 atom stereocenters. The van der Waals surface area contributed by atoms with Gasteiger partial charge in [-0.1, -0.05) is 18.9 Å². The predicted octanol–water partition coefficient (Wildman–Crippen LogP) is 2.69. The van der Waals surface area contributed by atoms with Crippen LogP contribution in [0, 0.1) is 11.6 Å². The third kappa shape index (κ3) is 4.13. The number of halogens is 3. The summed E-state index contributed by atoms with van der Waals surface area (Å²) < 4.78 is 34.1. The second-order valence-electron chi connectivity index (χ2n) is 6.81. The van der Waals surface area contributed by atoms with E-state index >= 15 is 0 Å². The van der Waals surface area contributed by atoms with Gasteiger partial charge >= 0.3 is 0 Å². The summed E-state index contributed by atoms with van der Waals surface area (Å²) in [6.45, 7) is 3.29. The van der Waals surface area contributed by atoms with Crippen molar-refractivity contribution in [3.63, 3.8) is 0 Å². The summed E-state index contributed by atoms with van der Waals surface area (Å²) in [5.74, 6) is -1.23. The van der Waals surface area contributed by atoms with Crippen LogP contribution < -0.4 is 10.6 Å². The lowest BCUT2D eigenvalue weighted by molar-refractivity contribution is -0.129. The van der Waals surface area contributed by atoms with Crippen LogP contribution in [0.1, 0.15) is 38.2 Å². The van der Waals surface area contributed by atoms with Crippen LogP contribution in [0.25, 0.3) is 0 Å². The van der Waals surface area contributed by atoms with Crippen LogP contribution in [0.3, 0.4) is 0 Å². The average Bonchev–Trinajstić information content (AvgIpc) is 3.03. The highest BCUT2D eigenvalue weighted by molar-refractivity contribution is 5.85. The molecule has 1 aliphatic heterocycles. The highest BCUT2D eigenvalue weighted by Gasteiger charge is 2.41. The van der Waals surface area contributed by atoms with Crippen molar-refractivity contribution in [3.8, 4) is 0 Å². The van der Waals surface area contributed by atoms with E-state index in [1.165, 1.54) is 18.2 Å². The van der Waals surface area contributed by atoms with E-state index in [1.807, 2.05) is 6.92 Å². The number of hydrogen-bond donors (Lipinski definition) is 2. The lowest BCUT2D eigenvalue weighted by atomic mass is 9.78. The molecule has 1 saturated carbocycles. The molecular weight excluding hydrogens is 350 g/mol. The van der Waals surface area contributed by atoms with Crippen molar-refractivity contribution in [1.29, 1.82) is 0 Å². The molecule has 1 aromatic rings.